The second kappa shape index (κ2) is 11.6. The molecule has 0 saturated carbocycles. The molecule has 0 unspecified atom stereocenters. The third-order valence-corrected chi connectivity index (χ3v) is 6.83. The van der Waals surface area contributed by atoms with Crippen molar-refractivity contribution in [1.29, 1.82) is 5.26 Å². The summed E-state index contributed by atoms with van der Waals surface area (Å²) >= 11 is 0. The van der Waals surface area contributed by atoms with E-state index in [1.54, 1.807) is 44.3 Å². The molecule has 2 heterocycles. The van der Waals surface area contributed by atoms with Crippen LogP contribution in [0.3, 0.4) is 0 Å². The topological polar surface area (TPSA) is 101 Å². The van der Waals surface area contributed by atoms with Crippen molar-refractivity contribution in [3.63, 3.8) is 0 Å². The van der Waals surface area contributed by atoms with Crippen molar-refractivity contribution in [3.8, 4) is 11.8 Å². The van der Waals surface area contributed by atoms with Crippen LogP contribution in [0.2, 0.25) is 0 Å². The van der Waals surface area contributed by atoms with E-state index in [2.05, 4.69) is 6.07 Å². The summed E-state index contributed by atoms with van der Waals surface area (Å²) in [4.78, 5) is 29.7. The fourth-order valence-corrected chi connectivity index (χ4v) is 4.63. The average Bonchev–Trinajstić information content (AvgIpc) is 2.86. The van der Waals surface area contributed by atoms with Gasteiger partial charge < -0.3 is 28.7 Å². The lowest BCUT2D eigenvalue weighted by Crippen LogP contribution is -2.47. The minimum Gasteiger partial charge on any atom is -0.489 e. The monoisotopic (exact) mass is 473 g/mol. The number of amides is 2. The van der Waals surface area contributed by atoms with Crippen LogP contribution in [-0.2, 0) is 19.0 Å². The van der Waals surface area contributed by atoms with Crippen LogP contribution in [0, 0.1) is 17.2 Å². The Bertz CT molecular complexity index is 916. The Morgan fingerprint density at radius 3 is 2.47 bits per heavy atom. The first-order valence-electron chi connectivity index (χ1n) is 11.7. The Morgan fingerprint density at radius 2 is 1.79 bits per heavy atom. The molecule has 1 aromatic rings. The first-order chi connectivity index (χ1) is 16.3. The molecule has 1 fully saturated rings. The molecular formula is C25H35N3O6. The van der Waals surface area contributed by atoms with Crippen LogP contribution >= 0.6 is 0 Å². The fraction of sp³-hybridized carbons (Fsp3) is 0.640. The fourth-order valence-electron chi connectivity index (χ4n) is 4.63. The van der Waals surface area contributed by atoms with E-state index in [9.17, 15) is 14.9 Å². The molecule has 0 spiro atoms. The minimum atomic E-state index is -0.488. The summed E-state index contributed by atoms with van der Waals surface area (Å²) in [5.74, 6) is -0.582. The number of para-hydroxylation sites is 1. The zero-order chi connectivity index (χ0) is 24.8. The molecule has 3 rings (SSSR count). The molecule has 2 aliphatic heterocycles. The van der Waals surface area contributed by atoms with E-state index >= 15 is 0 Å². The van der Waals surface area contributed by atoms with Gasteiger partial charge in [0, 0.05) is 41.4 Å². The van der Waals surface area contributed by atoms with Crippen molar-refractivity contribution in [3.05, 3.63) is 29.3 Å². The largest absolute Gasteiger partial charge is 0.489 e. The number of nitriles is 1. The average molecular weight is 474 g/mol. The van der Waals surface area contributed by atoms with Crippen molar-refractivity contribution in [1.82, 2.24) is 9.80 Å². The number of hydrogen-bond acceptors (Lipinski definition) is 7. The van der Waals surface area contributed by atoms with Crippen molar-refractivity contribution in [2.75, 3.05) is 48.0 Å². The molecule has 34 heavy (non-hydrogen) atoms. The third kappa shape index (κ3) is 5.69. The number of carbonyl (C=O) groups excluding carboxylic acids is 2. The highest BCUT2D eigenvalue weighted by molar-refractivity contribution is 5.97. The van der Waals surface area contributed by atoms with Crippen LogP contribution in [0.25, 0.3) is 0 Å². The molecule has 0 N–H and O–H groups in total. The second-order valence-electron chi connectivity index (χ2n) is 9.05. The van der Waals surface area contributed by atoms with Gasteiger partial charge in [-0.3, -0.25) is 9.59 Å². The Hall–Kier alpha value is -2.67. The Labute approximate surface area is 201 Å². The first-order valence-corrected chi connectivity index (χ1v) is 11.7. The van der Waals surface area contributed by atoms with Crippen LogP contribution in [0.1, 0.15) is 42.1 Å². The van der Waals surface area contributed by atoms with Gasteiger partial charge in [0.05, 0.1) is 35.4 Å². The SMILES string of the molecule is CO[C@H]1CC[C@H]2CCN(C)C(=O)[C@H](C)[C@@H](OC)CN(C)C(=O)c3cccc(C#N)c3OC[C@H]1O2. The molecule has 5 atom stereocenters. The highest BCUT2D eigenvalue weighted by atomic mass is 16.6. The molecule has 9 nitrogen and oxygen atoms in total. The molecular weight excluding hydrogens is 438 g/mol. The van der Waals surface area contributed by atoms with Crippen molar-refractivity contribution in [2.24, 2.45) is 5.92 Å². The minimum absolute atomic E-state index is 0.0441. The number of fused-ring (bicyclic) bond motifs is 3. The molecule has 0 radical (unpaired) electrons. The lowest BCUT2D eigenvalue weighted by atomic mass is 9.98. The molecule has 0 aromatic heterocycles. The number of hydrogen-bond donors (Lipinski definition) is 0. The van der Waals surface area contributed by atoms with Gasteiger partial charge in [-0.2, -0.15) is 5.26 Å². The standard InChI is InChI=1S/C25H35N3O6/c1-16-21(32-5)14-28(3)25(30)19-8-6-7-17(13-26)23(19)33-15-22-20(31-4)10-9-18(34-22)11-12-27(2)24(16)29/h6-8,16,18,20-22H,9-12,14-15H2,1-5H3/t16-,18+,20+,21+,22-/m1/s1. The third-order valence-electron chi connectivity index (χ3n) is 6.83. The summed E-state index contributed by atoms with van der Waals surface area (Å²) in [6, 6.07) is 7.04. The van der Waals surface area contributed by atoms with Gasteiger partial charge in [-0.15, -0.1) is 0 Å². The predicted molar refractivity (Wildman–Crippen MR) is 125 cm³/mol. The van der Waals surface area contributed by atoms with Gasteiger partial charge in [-0.05, 0) is 31.4 Å². The molecule has 1 aromatic carbocycles. The number of rotatable bonds is 2. The highest BCUT2D eigenvalue weighted by Gasteiger charge is 2.34. The van der Waals surface area contributed by atoms with Crippen LogP contribution in [0.15, 0.2) is 18.2 Å². The molecule has 186 valence electrons. The van der Waals surface area contributed by atoms with E-state index in [-0.39, 0.29) is 60.2 Å². The summed E-state index contributed by atoms with van der Waals surface area (Å²) in [5.41, 5.74) is 0.552. The number of likely N-dealkylation sites (N-methyl/N-ethyl adjacent to an activating group) is 1. The maximum atomic E-state index is 13.4. The van der Waals surface area contributed by atoms with E-state index in [4.69, 9.17) is 18.9 Å². The Balaban J connectivity index is 1.98. The molecule has 2 bridgehead atoms. The Morgan fingerprint density at radius 1 is 1.06 bits per heavy atom. The quantitative estimate of drug-likeness (QED) is 0.648. The number of methoxy groups -OCH3 is 2. The van der Waals surface area contributed by atoms with Gasteiger partial charge in [0.2, 0.25) is 5.91 Å². The number of benzene rings is 1. The van der Waals surface area contributed by atoms with E-state index in [1.807, 2.05) is 6.92 Å². The lowest BCUT2D eigenvalue weighted by Gasteiger charge is -2.37. The summed E-state index contributed by atoms with van der Waals surface area (Å²) < 4.78 is 23.6. The van der Waals surface area contributed by atoms with Crippen LogP contribution in [0.5, 0.6) is 5.75 Å². The van der Waals surface area contributed by atoms with Gasteiger partial charge in [0.15, 0.2) is 0 Å². The van der Waals surface area contributed by atoms with Crippen molar-refractivity contribution in [2.45, 2.75) is 50.6 Å². The van der Waals surface area contributed by atoms with Crippen molar-refractivity contribution >= 4 is 11.8 Å². The molecule has 9 heteroatoms. The summed E-state index contributed by atoms with van der Waals surface area (Å²) in [7, 11) is 6.61. The van der Waals surface area contributed by atoms with E-state index in [0.29, 0.717) is 13.0 Å². The first kappa shape index (κ1) is 25.9. The van der Waals surface area contributed by atoms with Gasteiger partial charge in [0.1, 0.15) is 24.5 Å². The predicted octanol–water partition coefficient (Wildman–Crippen LogP) is 2.08. The lowest BCUT2D eigenvalue weighted by molar-refractivity contribution is -0.147. The highest BCUT2D eigenvalue weighted by Crippen LogP contribution is 2.29. The van der Waals surface area contributed by atoms with E-state index in [1.165, 1.54) is 12.0 Å². The zero-order valence-electron chi connectivity index (χ0n) is 20.7. The molecule has 0 aliphatic carbocycles. The van der Waals surface area contributed by atoms with Gasteiger partial charge in [-0.25, -0.2) is 0 Å². The maximum absolute atomic E-state index is 13.4. The normalized spacial score (nSPS) is 29.2. The molecule has 2 amide bonds. The summed E-state index contributed by atoms with van der Waals surface area (Å²) in [6.07, 6.45) is 1.25. The zero-order valence-corrected chi connectivity index (χ0v) is 20.7. The van der Waals surface area contributed by atoms with E-state index < -0.39 is 12.0 Å². The molecule has 1 saturated heterocycles. The van der Waals surface area contributed by atoms with Gasteiger partial charge in [0.25, 0.3) is 5.91 Å². The van der Waals surface area contributed by atoms with Gasteiger partial charge in [-0.1, -0.05) is 13.0 Å². The van der Waals surface area contributed by atoms with Crippen LogP contribution < -0.4 is 4.74 Å². The number of nitrogens with zero attached hydrogens (tertiary/aromatic N) is 3. The van der Waals surface area contributed by atoms with Gasteiger partial charge >= 0.3 is 0 Å². The van der Waals surface area contributed by atoms with Crippen LogP contribution in [0.4, 0.5) is 0 Å². The molecule has 2 aliphatic rings. The maximum Gasteiger partial charge on any atom is 0.257 e. The van der Waals surface area contributed by atoms with Crippen LogP contribution in [-0.4, -0.2) is 94.0 Å². The smallest absolute Gasteiger partial charge is 0.257 e. The van der Waals surface area contributed by atoms with E-state index in [0.717, 1.165) is 12.8 Å². The second-order valence-corrected chi connectivity index (χ2v) is 9.05. The summed E-state index contributed by atoms with van der Waals surface area (Å²) in [5, 5.41) is 9.66. The Kier molecular flexibility index (Phi) is 8.89. The number of carbonyl (C=O) groups is 2. The summed E-state index contributed by atoms with van der Waals surface area (Å²) in [6.45, 7) is 2.72. The number of ether oxygens (including phenoxy) is 4. The van der Waals surface area contributed by atoms with Crippen molar-refractivity contribution < 1.29 is 28.5 Å².